The highest BCUT2D eigenvalue weighted by molar-refractivity contribution is 7.99. The quantitative estimate of drug-likeness (QED) is 0.664. The van der Waals surface area contributed by atoms with Crippen molar-refractivity contribution in [3.63, 3.8) is 0 Å². The normalized spacial score (nSPS) is 16.6. The predicted molar refractivity (Wildman–Crippen MR) is 89.3 cm³/mol. The van der Waals surface area contributed by atoms with Crippen LogP contribution in [0.25, 0.3) is 0 Å². The number of methoxy groups -OCH3 is 1. The lowest BCUT2D eigenvalue weighted by molar-refractivity contribution is -0.116. The Hall–Kier alpha value is -2.28. The molecule has 0 fully saturated rings. The van der Waals surface area contributed by atoms with Crippen molar-refractivity contribution in [1.82, 2.24) is 9.97 Å². The third kappa shape index (κ3) is 2.96. The Kier molecular flexibility index (Phi) is 4.38. The van der Waals surface area contributed by atoms with Gasteiger partial charge in [-0.2, -0.15) is 0 Å². The Labute approximate surface area is 137 Å². The number of benzene rings is 1. The molecule has 120 valence electrons. The first-order chi connectivity index (χ1) is 11.1. The van der Waals surface area contributed by atoms with Crippen LogP contribution >= 0.6 is 11.8 Å². The van der Waals surface area contributed by atoms with Crippen molar-refractivity contribution in [2.45, 2.75) is 24.4 Å². The van der Waals surface area contributed by atoms with E-state index in [9.17, 15) is 9.59 Å². The summed E-state index contributed by atoms with van der Waals surface area (Å²) < 4.78 is 5.38. The van der Waals surface area contributed by atoms with Crippen molar-refractivity contribution in [1.29, 1.82) is 0 Å². The SMILES string of the molecule is CCSc1nc2c(c(=O)[nH]1)C(c1ccccc1OC)CC(=O)N2. The molecule has 6 nitrogen and oxygen atoms in total. The number of aromatic amines is 1. The molecule has 0 saturated carbocycles. The minimum Gasteiger partial charge on any atom is -0.496 e. The Balaban J connectivity index is 2.15. The molecule has 1 aromatic carbocycles. The van der Waals surface area contributed by atoms with E-state index >= 15 is 0 Å². The number of para-hydroxylation sites is 1. The molecular weight excluding hydrogens is 314 g/mol. The average molecular weight is 331 g/mol. The average Bonchev–Trinajstić information content (AvgIpc) is 2.54. The van der Waals surface area contributed by atoms with Crippen LogP contribution in [0.3, 0.4) is 0 Å². The number of aromatic nitrogens is 2. The lowest BCUT2D eigenvalue weighted by Crippen LogP contribution is -2.31. The van der Waals surface area contributed by atoms with Crippen molar-refractivity contribution in [2.24, 2.45) is 0 Å². The molecule has 0 saturated heterocycles. The molecule has 23 heavy (non-hydrogen) atoms. The summed E-state index contributed by atoms with van der Waals surface area (Å²) in [7, 11) is 1.58. The monoisotopic (exact) mass is 331 g/mol. The molecule has 1 aromatic heterocycles. The van der Waals surface area contributed by atoms with Gasteiger partial charge in [-0.05, 0) is 11.8 Å². The van der Waals surface area contributed by atoms with Gasteiger partial charge in [0.1, 0.15) is 11.6 Å². The summed E-state index contributed by atoms with van der Waals surface area (Å²) >= 11 is 1.43. The van der Waals surface area contributed by atoms with Crippen LogP contribution in [-0.4, -0.2) is 28.7 Å². The molecular formula is C16H17N3O3S. The van der Waals surface area contributed by atoms with Gasteiger partial charge in [-0.15, -0.1) is 0 Å². The molecule has 2 heterocycles. The zero-order valence-electron chi connectivity index (χ0n) is 12.9. The Morgan fingerprint density at radius 3 is 2.87 bits per heavy atom. The zero-order chi connectivity index (χ0) is 16.4. The number of carbonyl (C=O) groups is 1. The molecule has 1 atom stereocenters. The molecule has 0 spiro atoms. The van der Waals surface area contributed by atoms with Crippen LogP contribution in [0.15, 0.2) is 34.2 Å². The summed E-state index contributed by atoms with van der Waals surface area (Å²) in [6.07, 6.45) is 0.193. The van der Waals surface area contributed by atoms with E-state index in [-0.39, 0.29) is 23.8 Å². The fraction of sp³-hybridized carbons (Fsp3) is 0.312. The summed E-state index contributed by atoms with van der Waals surface area (Å²) in [5.74, 6) is 1.26. The van der Waals surface area contributed by atoms with Gasteiger partial charge in [-0.3, -0.25) is 9.59 Å². The van der Waals surface area contributed by atoms with Crippen molar-refractivity contribution in [2.75, 3.05) is 18.2 Å². The largest absolute Gasteiger partial charge is 0.496 e. The van der Waals surface area contributed by atoms with Crippen molar-refractivity contribution < 1.29 is 9.53 Å². The van der Waals surface area contributed by atoms with E-state index in [1.165, 1.54) is 11.8 Å². The van der Waals surface area contributed by atoms with Crippen LogP contribution in [0.2, 0.25) is 0 Å². The highest BCUT2D eigenvalue weighted by atomic mass is 32.2. The lowest BCUT2D eigenvalue weighted by atomic mass is 9.86. The molecule has 2 N–H and O–H groups in total. The Morgan fingerprint density at radius 2 is 2.13 bits per heavy atom. The van der Waals surface area contributed by atoms with E-state index in [2.05, 4.69) is 15.3 Å². The fourth-order valence-corrected chi connectivity index (χ4v) is 3.37. The third-order valence-corrected chi connectivity index (χ3v) is 4.48. The minimum absolute atomic E-state index is 0.154. The maximum absolute atomic E-state index is 12.5. The number of ether oxygens (including phenoxy) is 1. The van der Waals surface area contributed by atoms with Crippen LogP contribution in [0, 0.1) is 0 Å². The van der Waals surface area contributed by atoms with Crippen LogP contribution in [0.1, 0.15) is 30.4 Å². The Bertz CT molecular complexity index is 803. The molecule has 2 aromatic rings. The number of anilines is 1. The number of rotatable bonds is 4. The van der Waals surface area contributed by atoms with Gasteiger partial charge in [-0.25, -0.2) is 4.98 Å². The molecule has 0 radical (unpaired) electrons. The van der Waals surface area contributed by atoms with Gasteiger partial charge in [0.15, 0.2) is 5.16 Å². The minimum atomic E-state index is -0.369. The number of fused-ring (bicyclic) bond motifs is 1. The molecule has 3 rings (SSSR count). The second kappa shape index (κ2) is 6.45. The van der Waals surface area contributed by atoms with E-state index in [1.54, 1.807) is 7.11 Å². The van der Waals surface area contributed by atoms with Gasteiger partial charge < -0.3 is 15.0 Å². The smallest absolute Gasteiger partial charge is 0.257 e. The number of amides is 1. The summed E-state index contributed by atoms with van der Waals surface area (Å²) in [5.41, 5.74) is 1.07. The summed E-state index contributed by atoms with van der Waals surface area (Å²) in [6, 6.07) is 7.42. The first-order valence-corrected chi connectivity index (χ1v) is 8.32. The highest BCUT2D eigenvalue weighted by Crippen LogP contribution is 2.38. The molecule has 1 aliphatic heterocycles. The van der Waals surface area contributed by atoms with E-state index in [4.69, 9.17) is 4.74 Å². The fourth-order valence-electron chi connectivity index (χ4n) is 2.78. The van der Waals surface area contributed by atoms with Crippen LogP contribution < -0.4 is 15.6 Å². The second-order valence-electron chi connectivity index (χ2n) is 5.11. The summed E-state index contributed by atoms with van der Waals surface area (Å²) in [6.45, 7) is 1.97. The Morgan fingerprint density at radius 1 is 1.35 bits per heavy atom. The second-order valence-corrected chi connectivity index (χ2v) is 6.37. The highest BCUT2D eigenvalue weighted by Gasteiger charge is 2.32. The lowest BCUT2D eigenvalue weighted by Gasteiger charge is -2.25. The number of carbonyl (C=O) groups excluding carboxylic acids is 1. The van der Waals surface area contributed by atoms with Crippen molar-refractivity contribution in [3.05, 3.63) is 45.7 Å². The zero-order valence-corrected chi connectivity index (χ0v) is 13.7. The molecule has 0 bridgehead atoms. The molecule has 1 unspecified atom stereocenters. The third-order valence-electron chi connectivity index (χ3n) is 3.72. The summed E-state index contributed by atoms with van der Waals surface area (Å²) in [4.78, 5) is 31.8. The maximum atomic E-state index is 12.5. The van der Waals surface area contributed by atoms with Gasteiger partial charge in [0.25, 0.3) is 5.56 Å². The number of H-pyrrole nitrogens is 1. The topological polar surface area (TPSA) is 84.1 Å². The standard InChI is InChI=1S/C16H17N3O3S/c1-3-23-16-18-14-13(15(21)19-16)10(8-12(20)17-14)9-6-4-5-7-11(9)22-2/h4-7,10H,3,8H2,1-2H3,(H2,17,18,19,20,21). The maximum Gasteiger partial charge on any atom is 0.257 e. The predicted octanol–water partition coefficient (Wildman–Crippen LogP) is 2.36. The van der Waals surface area contributed by atoms with E-state index < -0.39 is 0 Å². The van der Waals surface area contributed by atoms with E-state index in [0.717, 1.165) is 11.3 Å². The van der Waals surface area contributed by atoms with Gasteiger partial charge in [-0.1, -0.05) is 36.9 Å². The van der Waals surface area contributed by atoms with Crippen molar-refractivity contribution in [3.8, 4) is 5.75 Å². The number of nitrogens with one attached hydrogen (secondary N) is 2. The number of hydrogen-bond donors (Lipinski definition) is 2. The summed E-state index contributed by atoms with van der Waals surface area (Å²) in [5, 5.41) is 3.22. The van der Waals surface area contributed by atoms with E-state index in [1.807, 2.05) is 31.2 Å². The number of hydrogen-bond acceptors (Lipinski definition) is 5. The molecule has 1 amide bonds. The van der Waals surface area contributed by atoms with Gasteiger partial charge in [0.05, 0.1) is 12.7 Å². The van der Waals surface area contributed by atoms with Gasteiger partial charge in [0.2, 0.25) is 5.91 Å². The van der Waals surface area contributed by atoms with Crippen LogP contribution in [0.4, 0.5) is 5.82 Å². The number of thioether (sulfide) groups is 1. The first kappa shape index (κ1) is 15.6. The molecule has 7 heteroatoms. The molecule has 0 aliphatic carbocycles. The first-order valence-electron chi connectivity index (χ1n) is 7.33. The van der Waals surface area contributed by atoms with Gasteiger partial charge >= 0.3 is 0 Å². The van der Waals surface area contributed by atoms with Gasteiger partial charge in [0, 0.05) is 17.9 Å². The number of nitrogens with zero attached hydrogens (tertiary/aromatic N) is 1. The van der Waals surface area contributed by atoms with Crippen LogP contribution in [-0.2, 0) is 4.79 Å². The van der Waals surface area contributed by atoms with Crippen molar-refractivity contribution >= 4 is 23.5 Å². The molecule has 1 aliphatic rings. The van der Waals surface area contributed by atoms with Crippen LogP contribution in [0.5, 0.6) is 5.75 Å². The van der Waals surface area contributed by atoms with E-state index in [0.29, 0.717) is 22.3 Å².